The molecule has 4 aliphatic rings. The van der Waals surface area contributed by atoms with E-state index in [0.717, 1.165) is 11.4 Å². The zero-order valence-electron chi connectivity index (χ0n) is 20.3. The van der Waals surface area contributed by atoms with E-state index in [1.807, 2.05) is 24.5 Å². The molecule has 0 saturated carbocycles. The van der Waals surface area contributed by atoms with E-state index in [0.29, 0.717) is 0 Å². The summed E-state index contributed by atoms with van der Waals surface area (Å²) in [4.78, 5) is 9.26. The number of hydrogen-bond donors (Lipinski definition) is 0. The molecule has 0 radical (unpaired) electrons. The monoisotopic (exact) mass is 734 g/mol. The first-order valence-corrected chi connectivity index (χ1v) is 19.0. The van der Waals surface area contributed by atoms with Crippen molar-refractivity contribution < 1.29 is 48.1 Å². The van der Waals surface area contributed by atoms with Gasteiger partial charge in [-0.1, -0.05) is 57.8 Å². The molecule has 0 spiro atoms. The Labute approximate surface area is 258 Å². The van der Waals surface area contributed by atoms with Gasteiger partial charge in [0.2, 0.25) is 0 Å². The van der Waals surface area contributed by atoms with Crippen LogP contribution in [-0.4, -0.2) is 15.4 Å². The van der Waals surface area contributed by atoms with Gasteiger partial charge in [0, 0.05) is 33.4 Å². The summed E-state index contributed by atoms with van der Waals surface area (Å²) in [5, 5.41) is 0. The van der Waals surface area contributed by atoms with E-state index in [-0.39, 0.29) is 39.9 Å². The molecule has 184 valence electrons. The second kappa shape index (κ2) is 14.0. The molecule has 2 nitrogen and oxygen atoms in total. The summed E-state index contributed by atoms with van der Waals surface area (Å²) in [6.45, 7) is 8.76. The van der Waals surface area contributed by atoms with Gasteiger partial charge in [0.15, 0.2) is 0 Å². The predicted octanol–water partition coefficient (Wildman–Crippen LogP) is 2.00. The normalized spacial score (nSPS) is 19.6. The second-order valence-electron chi connectivity index (χ2n) is 8.61. The molecule has 0 amide bonds. The third kappa shape index (κ3) is 7.27. The Kier molecular flexibility index (Phi) is 12.3. The van der Waals surface area contributed by atoms with E-state index in [9.17, 15) is 0 Å². The zero-order valence-corrected chi connectivity index (χ0v) is 28.5. The number of pyridine rings is 2. The molecule has 2 aromatic heterocycles. The molecule has 2 atom stereocenters. The molecule has 2 aromatic rings. The van der Waals surface area contributed by atoms with Gasteiger partial charge in [0.05, 0.1) is 0 Å². The largest absolute Gasteiger partial charge is 1.00 e. The summed E-state index contributed by atoms with van der Waals surface area (Å²) in [5.74, 6) is 0. The maximum atomic E-state index is 4.37. The summed E-state index contributed by atoms with van der Waals surface area (Å²) in [6, 6.07) is 8.18. The first kappa shape index (κ1) is 31.6. The van der Waals surface area contributed by atoms with Crippen molar-refractivity contribution >= 4 is 49.4 Å². The minimum atomic E-state index is 0. The van der Waals surface area contributed by atoms with Gasteiger partial charge >= 0.3 is 41.9 Å². The molecule has 6 rings (SSSR count). The molecule has 0 aromatic carbocycles. The average molecular weight is 739 g/mol. The molecule has 0 N–H and O–H groups in total. The molecule has 0 fully saturated rings. The first-order valence-electron chi connectivity index (χ1n) is 11.0. The smallest absolute Gasteiger partial charge is 1.00 e. The van der Waals surface area contributed by atoms with Crippen molar-refractivity contribution in [1.82, 2.24) is 9.97 Å². The van der Waals surface area contributed by atoms with Gasteiger partial charge in [0.25, 0.3) is 0 Å². The molecule has 0 bridgehead atoms. The maximum Gasteiger partial charge on any atom is -1.00 e. The van der Waals surface area contributed by atoms with Crippen LogP contribution in [0.4, 0.5) is 0 Å². The van der Waals surface area contributed by atoms with Gasteiger partial charge in [-0.25, -0.2) is 0 Å². The molecule has 36 heavy (non-hydrogen) atoms. The molecule has 8 heteroatoms. The van der Waals surface area contributed by atoms with Gasteiger partial charge in [-0.2, -0.15) is 23.3 Å². The summed E-state index contributed by atoms with van der Waals surface area (Å²) in [6.07, 6.45) is 18.9. The minimum Gasteiger partial charge on any atom is -1.00 e. The summed E-state index contributed by atoms with van der Waals surface area (Å²) < 4.78 is 0. The number of alkyl halides is 2. The average Bonchev–Trinajstić information content (AvgIpc) is 3.36. The van der Waals surface area contributed by atoms with Gasteiger partial charge in [0.1, 0.15) is 0 Å². The van der Waals surface area contributed by atoms with Gasteiger partial charge in [-0.05, 0) is 23.3 Å². The maximum absolute atomic E-state index is 4.37. The molecular weight excluding hydrogens is 714 g/mol. The fourth-order valence-electron chi connectivity index (χ4n) is 4.06. The van der Waals surface area contributed by atoms with Crippen LogP contribution in [0.15, 0.2) is 82.2 Å². The Morgan fingerprint density at radius 3 is 1.47 bits per heavy atom. The van der Waals surface area contributed by atoms with Crippen LogP contribution in [0.1, 0.15) is 46.0 Å². The number of fused-ring (bicyclic) bond motifs is 4. The van der Waals surface area contributed by atoms with Gasteiger partial charge in [-0.3, -0.25) is 9.97 Å². The molecule has 2 heterocycles. The Bertz CT molecular complexity index is 1260. The number of aromatic nitrogens is 2. The Hall–Kier alpha value is -0.620. The third-order valence-electron chi connectivity index (χ3n) is 5.43. The Morgan fingerprint density at radius 2 is 1.11 bits per heavy atom. The quantitative estimate of drug-likeness (QED) is 0.235. The Balaban J connectivity index is 0.000000211. The van der Waals surface area contributed by atoms with Crippen LogP contribution < -0.4 is 24.8 Å². The van der Waals surface area contributed by atoms with E-state index in [1.165, 1.54) is 44.6 Å². The second-order valence-corrected chi connectivity index (χ2v) is 19.8. The van der Waals surface area contributed by atoms with E-state index in [1.54, 1.807) is 23.3 Å². The molecular formula is C28H24Br2Cl2N2SiZr-2. The first-order chi connectivity index (χ1) is 16.2. The summed E-state index contributed by atoms with van der Waals surface area (Å²) >= 11 is 9.18. The number of nitrogens with zero attached hydrogens (tertiary/aromatic N) is 2. The van der Waals surface area contributed by atoms with Crippen molar-refractivity contribution in [3.8, 4) is 0 Å². The van der Waals surface area contributed by atoms with Crippen molar-refractivity contribution in [1.29, 1.82) is 0 Å². The van der Waals surface area contributed by atoms with Crippen LogP contribution in [0.3, 0.4) is 0 Å². The molecule has 4 aliphatic carbocycles. The van der Waals surface area contributed by atoms with Crippen molar-refractivity contribution in [2.45, 2.75) is 36.6 Å². The topological polar surface area (TPSA) is 25.8 Å². The number of rotatable bonds is 0. The van der Waals surface area contributed by atoms with Gasteiger partial charge < -0.3 is 24.8 Å². The van der Waals surface area contributed by atoms with Crippen molar-refractivity contribution in [2.24, 2.45) is 0 Å². The van der Waals surface area contributed by atoms with Gasteiger partial charge in [-0.15, -0.1) is 46.6 Å². The van der Waals surface area contributed by atoms with E-state index < -0.39 is 0 Å². The standard InChI is InChI=1S/2C13H9BrN.C2H6Si.2ClH.Zr/c2*1-8-5-9-7-12-10(3-2-4-15-12)13(14)11(9)6-8;1-3-2;;;/h2*2-4,6-7,13H,1H3;1-2H3;2*1H;/q2*-1;;;;+2/p-2. The van der Waals surface area contributed by atoms with Crippen LogP contribution in [0.2, 0.25) is 13.1 Å². The van der Waals surface area contributed by atoms with Crippen LogP contribution >= 0.6 is 31.9 Å². The van der Waals surface area contributed by atoms with Crippen LogP contribution in [0, 0.1) is 12.2 Å². The molecule has 0 aliphatic heterocycles. The minimum absolute atomic E-state index is 0. The predicted molar refractivity (Wildman–Crippen MR) is 146 cm³/mol. The van der Waals surface area contributed by atoms with Crippen molar-refractivity contribution in [2.75, 3.05) is 0 Å². The van der Waals surface area contributed by atoms with E-state index in [2.05, 4.69) is 117 Å². The number of hydrogen-bond acceptors (Lipinski definition) is 2. The van der Waals surface area contributed by atoms with Crippen LogP contribution in [0.25, 0.3) is 12.2 Å². The summed E-state index contributed by atoms with van der Waals surface area (Å²) in [7, 11) is 0. The van der Waals surface area contributed by atoms with Crippen LogP contribution in [-0.2, 0) is 23.3 Å². The van der Waals surface area contributed by atoms with Crippen LogP contribution in [0.5, 0.6) is 0 Å². The van der Waals surface area contributed by atoms with Crippen molar-refractivity contribution in [3.05, 3.63) is 117 Å². The third-order valence-corrected chi connectivity index (χ3v) is 7.40. The number of allylic oxidation sites excluding steroid dienone is 10. The zero-order chi connectivity index (χ0) is 24.4. The fourth-order valence-corrected chi connectivity index (χ4v) is 5.59. The molecule has 0 saturated heterocycles. The Morgan fingerprint density at radius 1 is 0.750 bits per heavy atom. The van der Waals surface area contributed by atoms with Crippen molar-refractivity contribution in [3.63, 3.8) is 0 Å². The van der Waals surface area contributed by atoms with E-state index in [4.69, 9.17) is 0 Å². The van der Waals surface area contributed by atoms with E-state index >= 15 is 0 Å². The SMILES string of the molecule is CC1=[C-]C2=Cc3ncccc3C(Br)C2=C1.CC1=[C-]C2=Cc3ncccc3C(Br)C2=C1.C[Si](C)=[Zr+2].[Cl-].[Cl-]. The number of halogens is 4. The molecule has 2 unspecified atom stereocenters. The summed E-state index contributed by atoms with van der Waals surface area (Å²) in [5.41, 5.74) is 12.1. The fraction of sp³-hybridized carbons (Fsp3) is 0.214.